The van der Waals surface area contributed by atoms with Gasteiger partial charge in [-0.15, -0.1) is 0 Å². The molecule has 0 bridgehead atoms. The number of carboxylic acids is 1. The summed E-state index contributed by atoms with van der Waals surface area (Å²) in [6, 6.07) is 5.32. The molecule has 0 radical (unpaired) electrons. The lowest BCUT2D eigenvalue weighted by Gasteiger charge is -2.21. The molecule has 0 aromatic heterocycles. The summed E-state index contributed by atoms with van der Waals surface area (Å²) in [6.45, 7) is 1.23. The Hall–Kier alpha value is -2.04. The number of primary amides is 1. The fourth-order valence-electron chi connectivity index (χ4n) is 1.17. The molecule has 0 heterocycles. The summed E-state index contributed by atoms with van der Waals surface area (Å²) in [6.07, 6.45) is 0. The van der Waals surface area contributed by atoms with Crippen LogP contribution in [0.1, 0.15) is 12.5 Å². The average molecular weight is 209 g/mol. The number of hydrogen-bond acceptors (Lipinski definition) is 3. The molecule has 1 amide bonds. The number of phenolic OH excluding ortho intramolecular Hbond substituents is 1. The second-order valence-electron chi connectivity index (χ2n) is 3.34. The highest BCUT2D eigenvalue weighted by Crippen LogP contribution is 2.25. The van der Waals surface area contributed by atoms with E-state index in [4.69, 9.17) is 15.9 Å². The minimum absolute atomic E-state index is 0.00374. The zero-order valence-electron chi connectivity index (χ0n) is 8.10. The van der Waals surface area contributed by atoms with E-state index in [1.165, 1.54) is 31.2 Å². The Labute approximate surface area is 86.1 Å². The SMILES string of the molecule is CC(C(N)=O)(C(=O)O)c1ccc(O)cc1. The Morgan fingerprint density at radius 2 is 1.73 bits per heavy atom. The van der Waals surface area contributed by atoms with Gasteiger partial charge in [-0.2, -0.15) is 0 Å². The maximum Gasteiger partial charge on any atom is 0.323 e. The summed E-state index contributed by atoms with van der Waals surface area (Å²) in [5, 5.41) is 18.0. The number of phenols is 1. The van der Waals surface area contributed by atoms with Crippen LogP contribution in [0.2, 0.25) is 0 Å². The minimum atomic E-state index is -1.77. The number of carbonyl (C=O) groups is 2. The molecule has 0 aliphatic rings. The first kappa shape index (κ1) is 11.0. The maximum absolute atomic E-state index is 11.1. The number of rotatable bonds is 3. The predicted octanol–water partition coefficient (Wildman–Crippen LogP) is 0.220. The molecule has 4 N–H and O–H groups in total. The van der Waals surface area contributed by atoms with Crippen molar-refractivity contribution in [2.24, 2.45) is 5.73 Å². The molecular formula is C10H11NO4. The Morgan fingerprint density at radius 1 is 1.27 bits per heavy atom. The summed E-state index contributed by atoms with van der Waals surface area (Å²) < 4.78 is 0. The van der Waals surface area contributed by atoms with Crippen molar-refractivity contribution < 1.29 is 19.8 Å². The fraction of sp³-hybridized carbons (Fsp3) is 0.200. The molecule has 1 unspecified atom stereocenters. The van der Waals surface area contributed by atoms with Crippen molar-refractivity contribution in [2.45, 2.75) is 12.3 Å². The molecule has 0 aliphatic heterocycles. The van der Waals surface area contributed by atoms with Crippen LogP contribution in [0.5, 0.6) is 5.75 Å². The molecule has 0 fully saturated rings. The van der Waals surface area contributed by atoms with Gasteiger partial charge in [0.1, 0.15) is 5.75 Å². The molecule has 1 rings (SSSR count). The van der Waals surface area contributed by atoms with Crippen LogP contribution < -0.4 is 5.73 Å². The topological polar surface area (TPSA) is 101 Å². The molecule has 80 valence electrons. The van der Waals surface area contributed by atoms with Gasteiger partial charge in [0, 0.05) is 0 Å². The highest BCUT2D eigenvalue weighted by Gasteiger charge is 2.41. The smallest absolute Gasteiger partial charge is 0.323 e. The van der Waals surface area contributed by atoms with Gasteiger partial charge in [0.15, 0.2) is 5.41 Å². The summed E-state index contributed by atoms with van der Waals surface area (Å²) in [7, 11) is 0. The second-order valence-corrected chi connectivity index (χ2v) is 3.34. The summed E-state index contributed by atoms with van der Waals surface area (Å²) in [4.78, 5) is 22.1. The van der Waals surface area contributed by atoms with Gasteiger partial charge in [-0.05, 0) is 24.6 Å². The maximum atomic E-state index is 11.1. The lowest BCUT2D eigenvalue weighted by molar-refractivity contribution is -0.147. The van der Waals surface area contributed by atoms with Crippen molar-refractivity contribution >= 4 is 11.9 Å². The standard InChI is InChI=1S/C10H11NO4/c1-10(8(11)13,9(14)15)6-2-4-7(12)5-3-6/h2-5,12H,1H3,(H2,11,13)(H,14,15). The zero-order chi connectivity index (χ0) is 11.6. The quantitative estimate of drug-likeness (QED) is 0.620. The van der Waals surface area contributed by atoms with Crippen LogP contribution in [-0.4, -0.2) is 22.1 Å². The van der Waals surface area contributed by atoms with Crippen LogP contribution in [0.15, 0.2) is 24.3 Å². The van der Waals surface area contributed by atoms with Gasteiger partial charge in [-0.3, -0.25) is 9.59 Å². The summed E-state index contributed by atoms with van der Waals surface area (Å²) in [5.74, 6) is -2.27. The first-order chi connectivity index (χ1) is 6.89. The number of hydrogen-bond donors (Lipinski definition) is 3. The first-order valence-electron chi connectivity index (χ1n) is 4.22. The third kappa shape index (κ3) is 1.76. The molecule has 1 aromatic carbocycles. The van der Waals surface area contributed by atoms with E-state index in [0.29, 0.717) is 0 Å². The first-order valence-corrected chi connectivity index (χ1v) is 4.22. The van der Waals surface area contributed by atoms with Gasteiger partial charge in [0.2, 0.25) is 5.91 Å². The average Bonchev–Trinajstić information content (AvgIpc) is 2.17. The van der Waals surface area contributed by atoms with Crippen LogP contribution in [0.3, 0.4) is 0 Å². The van der Waals surface area contributed by atoms with Crippen LogP contribution in [0.25, 0.3) is 0 Å². The van der Waals surface area contributed by atoms with Crippen LogP contribution in [0.4, 0.5) is 0 Å². The Morgan fingerprint density at radius 3 is 2.07 bits per heavy atom. The van der Waals surface area contributed by atoms with Crippen molar-refractivity contribution in [2.75, 3.05) is 0 Å². The van der Waals surface area contributed by atoms with E-state index in [0.717, 1.165) is 0 Å². The number of carboxylic acid groups (broad SMARTS) is 1. The molecule has 0 saturated carbocycles. The number of aliphatic carboxylic acids is 1. The van der Waals surface area contributed by atoms with Crippen molar-refractivity contribution in [3.05, 3.63) is 29.8 Å². The van der Waals surface area contributed by atoms with Gasteiger partial charge in [0.25, 0.3) is 0 Å². The van der Waals surface area contributed by atoms with Gasteiger partial charge < -0.3 is 15.9 Å². The highest BCUT2D eigenvalue weighted by atomic mass is 16.4. The number of amides is 1. The van der Waals surface area contributed by atoms with E-state index in [1.54, 1.807) is 0 Å². The minimum Gasteiger partial charge on any atom is -0.508 e. The number of carbonyl (C=O) groups excluding carboxylic acids is 1. The van der Waals surface area contributed by atoms with E-state index in [-0.39, 0.29) is 11.3 Å². The van der Waals surface area contributed by atoms with E-state index in [2.05, 4.69) is 0 Å². The number of benzene rings is 1. The van der Waals surface area contributed by atoms with Crippen molar-refractivity contribution in [3.8, 4) is 5.75 Å². The Kier molecular flexibility index (Phi) is 2.65. The lowest BCUT2D eigenvalue weighted by Crippen LogP contribution is -2.45. The fourth-order valence-corrected chi connectivity index (χ4v) is 1.17. The third-order valence-electron chi connectivity index (χ3n) is 2.37. The van der Waals surface area contributed by atoms with E-state index in [9.17, 15) is 9.59 Å². The molecule has 1 atom stereocenters. The van der Waals surface area contributed by atoms with Gasteiger partial charge in [0.05, 0.1) is 0 Å². The third-order valence-corrected chi connectivity index (χ3v) is 2.37. The van der Waals surface area contributed by atoms with E-state index in [1.807, 2.05) is 0 Å². The largest absolute Gasteiger partial charge is 0.508 e. The molecule has 0 saturated heterocycles. The Balaban J connectivity index is 3.28. The highest BCUT2D eigenvalue weighted by molar-refractivity contribution is 6.06. The summed E-state index contributed by atoms with van der Waals surface area (Å²) in [5.41, 5.74) is 3.53. The second kappa shape index (κ2) is 3.61. The van der Waals surface area contributed by atoms with Gasteiger partial charge >= 0.3 is 5.97 Å². The van der Waals surface area contributed by atoms with E-state index < -0.39 is 17.3 Å². The van der Waals surface area contributed by atoms with Crippen molar-refractivity contribution in [1.29, 1.82) is 0 Å². The molecule has 5 heteroatoms. The van der Waals surface area contributed by atoms with Crippen LogP contribution in [0, 0.1) is 0 Å². The molecule has 1 aromatic rings. The van der Waals surface area contributed by atoms with Crippen LogP contribution >= 0.6 is 0 Å². The zero-order valence-corrected chi connectivity index (χ0v) is 8.10. The van der Waals surface area contributed by atoms with Gasteiger partial charge in [-0.1, -0.05) is 12.1 Å². The van der Waals surface area contributed by atoms with Crippen LogP contribution in [-0.2, 0) is 15.0 Å². The van der Waals surface area contributed by atoms with Crippen molar-refractivity contribution in [3.63, 3.8) is 0 Å². The predicted molar refractivity (Wildman–Crippen MR) is 52.3 cm³/mol. The molecule has 15 heavy (non-hydrogen) atoms. The molecule has 0 aliphatic carbocycles. The normalized spacial score (nSPS) is 14.2. The Bertz CT molecular complexity index is 382. The lowest BCUT2D eigenvalue weighted by atomic mass is 9.82. The molecular weight excluding hydrogens is 198 g/mol. The summed E-state index contributed by atoms with van der Waals surface area (Å²) >= 11 is 0. The van der Waals surface area contributed by atoms with Gasteiger partial charge in [-0.25, -0.2) is 0 Å². The number of nitrogens with two attached hydrogens (primary N) is 1. The van der Waals surface area contributed by atoms with E-state index >= 15 is 0 Å². The monoisotopic (exact) mass is 209 g/mol. The molecule has 0 spiro atoms. The van der Waals surface area contributed by atoms with Crippen molar-refractivity contribution in [1.82, 2.24) is 0 Å². The number of aromatic hydroxyl groups is 1. The molecule has 5 nitrogen and oxygen atoms in total.